The minimum Gasteiger partial charge on any atom is -0.299 e. The molecule has 5 aliphatic rings. The Morgan fingerprint density at radius 2 is 2.04 bits per heavy atom. The molecule has 5 rings (SSSR count). The molecular weight excluding hydrogens is 296 g/mol. The van der Waals surface area contributed by atoms with Crippen molar-refractivity contribution in [2.24, 2.45) is 40.4 Å². The molecule has 0 aliphatic heterocycles. The van der Waals surface area contributed by atoms with Crippen LogP contribution in [0.3, 0.4) is 0 Å². The Bertz CT molecular complexity index is 646. The molecule has 1 unspecified atom stereocenters. The zero-order valence-corrected chi connectivity index (χ0v) is 15.1. The smallest absolute Gasteiger partial charge is 0.155 e. The number of ketones is 2. The van der Waals surface area contributed by atoms with Crippen LogP contribution in [0.1, 0.15) is 71.6 Å². The summed E-state index contributed by atoms with van der Waals surface area (Å²) in [7, 11) is 0. The highest BCUT2D eigenvalue weighted by Crippen LogP contribution is 2.80. The molecule has 0 heterocycles. The van der Waals surface area contributed by atoms with Gasteiger partial charge >= 0.3 is 0 Å². The van der Waals surface area contributed by atoms with E-state index in [1.807, 2.05) is 13.0 Å². The second kappa shape index (κ2) is 4.83. The Labute approximate surface area is 145 Å². The lowest BCUT2D eigenvalue weighted by Gasteiger charge is -2.56. The minimum atomic E-state index is 0.0655. The van der Waals surface area contributed by atoms with Crippen LogP contribution in [0, 0.1) is 40.4 Å². The lowest BCUT2D eigenvalue weighted by molar-refractivity contribution is -0.133. The molecule has 4 saturated carbocycles. The van der Waals surface area contributed by atoms with Gasteiger partial charge in [0.2, 0.25) is 0 Å². The first-order chi connectivity index (χ1) is 11.5. The summed E-state index contributed by atoms with van der Waals surface area (Å²) in [6.07, 6.45) is 12.5. The first-order valence-corrected chi connectivity index (χ1v) is 10.3. The number of carbonyl (C=O) groups excluding carboxylic acids is 2. The maximum Gasteiger partial charge on any atom is 0.155 e. The van der Waals surface area contributed by atoms with Gasteiger partial charge in [-0.2, -0.15) is 0 Å². The SMILES string of the molecule is CC[C@]12CC[C@H]3[C@@H](CCC4=CC(=O)CC[C@@H]43)[C@@H]1CC1C[C@]12C(C)=O. The van der Waals surface area contributed by atoms with Gasteiger partial charge in [0.05, 0.1) is 0 Å². The lowest BCUT2D eigenvalue weighted by Crippen LogP contribution is -2.50. The van der Waals surface area contributed by atoms with Gasteiger partial charge in [-0.15, -0.1) is 0 Å². The molecular formula is C22H30O2. The van der Waals surface area contributed by atoms with Gasteiger partial charge in [0.25, 0.3) is 0 Å². The van der Waals surface area contributed by atoms with Crippen LogP contribution in [0.5, 0.6) is 0 Å². The Balaban J connectivity index is 1.50. The molecule has 7 atom stereocenters. The van der Waals surface area contributed by atoms with Crippen molar-refractivity contribution in [1.29, 1.82) is 0 Å². The van der Waals surface area contributed by atoms with Gasteiger partial charge < -0.3 is 0 Å². The Morgan fingerprint density at radius 1 is 1.21 bits per heavy atom. The van der Waals surface area contributed by atoms with Gasteiger partial charge in [-0.1, -0.05) is 12.5 Å². The number of hydrogen-bond acceptors (Lipinski definition) is 2. The summed E-state index contributed by atoms with van der Waals surface area (Å²) in [6.45, 7) is 4.23. The van der Waals surface area contributed by atoms with E-state index < -0.39 is 0 Å². The first kappa shape index (κ1) is 15.3. The van der Waals surface area contributed by atoms with E-state index in [2.05, 4.69) is 6.92 Å². The second-order valence-electron chi connectivity index (χ2n) is 9.52. The fraction of sp³-hybridized carbons (Fsp3) is 0.818. The van der Waals surface area contributed by atoms with E-state index in [0.29, 0.717) is 28.8 Å². The zero-order chi connectivity index (χ0) is 16.7. The quantitative estimate of drug-likeness (QED) is 0.735. The van der Waals surface area contributed by atoms with E-state index in [1.165, 1.54) is 44.1 Å². The molecule has 0 aromatic heterocycles. The Kier molecular flexibility index (Phi) is 3.09. The molecule has 0 N–H and O–H groups in total. The van der Waals surface area contributed by atoms with Crippen LogP contribution in [0.15, 0.2) is 11.6 Å². The normalized spacial score (nSPS) is 51.8. The van der Waals surface area contributed by atoms with Gasteiger partial charge in [-0.3, -0.25) is 9.59 Å². The average Bonchev–Trinajstić information content (AvgIpc) is 3.24. The monoisotopic (exact) mass is 326 g/mol. The summed E-state index contributed by atoms with van der Waals surface area (Å²) < 4.78 is 0. The topological polar surface area (TPSA) is 34.1 Å². The standard InChI is InChI=1S/C22H30O2/c1-3-21-9-8-18-17-7-5-16(24)10-14(17)4-6-19(18)20(21)11-15-12-22(15,21)13(2)23/h10,15,17-20H,3-9,11-12H2,1-2H3/t15?,17-,18+,19+,20-,21-,22-/m0/s1. The van der Waals surface area contributed by atoms with Gasteiger partial charge in [-0.05, 0) is 99.4 Å². The molecule has 5 aliphatic carbocycles. The minimum absolute atomic E-state index is 0.0655. The number of hydrogen-bond donors (Lipinski definition) is 0. The fourth-order valence-corrected chi connectivity index (χ4v) is 8.42. The molecule has 0 aromatic carbocycles. The third-order valence-electron chi connectivity index (χ3n) is 9.30. The summed E-state index contributed by atoms with van der Waals surface area (Å²) >= 11 is 0. The van der Waals surface area contributed by atoms with E-state index in [0.717, 1.165) is 37.0 Å². The third kappa shape index (κ3) is 1.64. The molecule has 0 aromatic rings. The van der Waals surface area contributed by atoms with Crippen LogP contribution in [0.4, 0.5) is 0 Å². The summed E-state index contributed by atoms with van der Waals surface area (Å²) in [5, 5.41) is 0. The maximum atomic E-state index is 12.6. The van der Waals surface area contributed by atoms with Crippen LogP contribution >= 0.6 is 0 Å². The summed E-state index contributed by atoms with van der Waals surface area (Å²) in [5.41, 5.74) is 1.85. The van der Waals surface area contributed by atoms with E-state index in [9.17, 15) is 9.59 Å². The highest BCUT2D eigenvalue weighted by Gasteiger charge is 2.77. The molecule has 0 radical (unpaired) electrons. The summed E-state index contributed by atoms with van der Waals surface area (Å²) in [4.78, 5) is 24.4. The molecule has 0 bridgehead atoms. The zero-order valence-electron chi connectivity index (χ0n) is 15.1. The van der Waals surface area contributed by atoms with E-state index in [1.54, 1.807) is 0 Å². The van der Waals surface area contributed by atoms with Crippen LogP contribution in [0.2, 0.25) is 0 Å². The molecule has 2 heteroatoms. The van der Waals surface area contributed by atoms with Crippen molar-refractivity contribution in [2.75, 3.05) is 0 Å². The second-order valence-corrected chi connectivity index (χ2v) is 9.52. The number of rotatable bonds is 2. The largest absolute Gasteiger partial charge is 0.299 e. The van der Waals surface area contributed by atoms with Crippen LogP contribution in [-0.2, 0) is 9.59 Å². The number of allylic oxidation sites excluding steroid dienone is 1. The number of carbonyl (C=O) groups is 2. The molecule has 4 fully saturated rings. The highest BCUT2D eigenvalue weighted by molar-refractivity contribution is 5.91. The fourth-order valence-electron chi connectivity index (χ4n) is 8.42. The molecule has 0 saturated heterocycles. The van der Waals surface area contributed by atoms with Gasteiger partial charge in [0.1, 0.15) is 5.78 Å². The van der Waals surface area contributed by atoms with Crippen LogP contribution < -0.4 is 0 Å². The predicted octanol–water partition coefficient (Wildman–Crippen LogP) is 4.72. The molecule has 24 heavy (non-hydrogen) atoms. The third-order valence-corrected chi connectivity index (χ3v) is 9.30. The Hall–Kier alpha value is -0.920. The van der Waals surface area contributed by atoms with Crippen molar-refractivity contribution in [3.8, 4) is 0 Å². The van der Waals surface area contributed by atoms with Crippen LogP contribution in [0.25, 0.3) is 0 Å². The maximum absolute atomic E-state index is 12.6. The van der Waals surface area contributed by atoms with Gasteiger partial charge in [0.15, 0.2) is 5.78 Å². The van der Waals surface area contributed by atoms with Crippen molar-refractivity contribution >= 4 is 11.6 Å². The average molecular weight is 326 g/mol. The van der Waals surface area contributed by atoms with Crippen molar-refractivity contribution < 1.29 is 9.59 Å². The molecule has 0 amide bonds. The number of fused-ring (bicyclic) bond motifs is 7. The van der Waals surface area contributed by atoms with Crippen molar-refractivity contribution in [3.05, 3.63) is 11.6 Å². The van der Waals surface area contributed by atoms with Crippen molar-refractivity contribution in [2.45, 2.75) is 71.6 Å². The molecule has 2 nitrogen and oxygen atoms in total. The highest BCUT2D eigenvalue weighted by atomic mass is 16.1. The van der Waals surface area contributed by atoms with Crippen molar-refractivity contribution in [1.82, 2.24) is 0 Å². The summed E-state index contributed by atoms with van der Waals surface area (Å²) in [5.74, 6) is 4.63. The molecule has 0 spiro atoms. The van der Waals surface area contributed by atoms with Gasteiger partial charge in [-0.25, -0.2) is 0 Å². The Morgan fingerprint density at radius 3 is 2.79 bits per heavy atom. The van der Waals surface area contributed by atoms with Crippen molar-refractivity contribution in [3.63, 3.8) is 0 Å². The van der Waals surface area contributed by atoms with Gasteiger partial charge in [0, 0.05) is 11.8 Å². The predicted molar refractivity (Wildman–Crippen MR) is 93.3 cm³/mol. The molecule has 130 valence electrons. The van der Waals surface area contributed by atoms with E-state index in [-0.39, 0.29) is 5.41 Å². The first-order valence-electron chi connectivity index (χ1n) is 10.3. The van der Waals surface area contributed by atoms with E-state index in [4.69, 9.17) is 0 Å². The van der Waals surface area contributed by atoms with E-state index >= 15 is 0 Å². The van der Waals surface area contributed by atoms with Crippen LogP contribution in [-0.4, -0.2) is 11.6 Å². The number of Topliss-reactive ketones (excluding diaryl/α,β-unsaturated/α-hetero) is 1. The summed E-state index contributed by atoms with van der Waals surface area (Å²) in [6, 6.07) is 0. The lowest BCUT2D eigenvalue weighted by atomic mass is 9.48.